The summed E-state index contributed by atoms with van der Waals surface area (Å²) in [5.41, 5.74) is -0.258. The highest BCUT2D eigenvalue weighted by Crippen LogP contribution is 2.31. The quantitative estimate of drug-likeness (QED) is 0.643. The van der Waals surface area contributed by atoms with Crippen LogP contribution in [0, 0.1) is 10.1 Å². The van der Waals surface area contributed by atoms with E-state index in [1.54, 1.807) is 6.07 Å². The van der Waals surface area contributed by atoms with Crippen LogP contribution in [-0.4, -0.2) is 22.1 Å². The van der Waals surface area contributed by atoms with Gasteiger partial charge in [0, 0.05) is 10.5 Å². The lowest BCUT2D eigenvalue weighted by Crippen LogP contribution is -2.27. The molecule has 1 aromatic rings. The van der Waals surface area contributed by atoms with Crippen LogP contribution in [0.3, 0.4) is 0 Å². The third kappa shape index (κ3) is 3.69. The maximum absolute atomic E-state index is 10.9. The van der Waals surface area contributed by atoms with Gasteiger partial charge in [-0.3, -0.25) is 10.1 Å². The van der Waals surface area contributed by atoms with Crippen LogP contribution in [0.25, 0.3) is 0 Å². The lowest BCUT2D eigenvalue weighted by molar-refractivity contribution is -0.386. The first-order chi connectivity index (χ1) is 8.45. The fraction of sp³-hybridized carbons (Fsp3) is 0.364. The van der Waals surface area contributed by atoms with Gasteiger partial charge in [0.05, 0.1) is 4.92 Å². The molecule has 0 fully saturated rings. The summed E-state index contributed by atoms with van der Waals surface area (Å²) in [5.74, 6) is -1.17. The molecular formula is C11H12BrNO5. The number of carbonyl (C=O) groups is 1. The van der Waals surface area contributed by atoms with Crippen LogP contribution in [-0.2, 0) is 4.79 Å². The molecule has 0 bridgehead atoms. The van der Waals surface area contributed by atoms with Gasteiger partial charge in [0.15, 0.2) is 11.9 Å². The highest BCUT2D eigenvalue weighted by atomic mass is 79.9. The summed E-state index contributed by atoms with van der Waals surface area (Å²) in [4.78, 5) is 21.2. The predicted molar refractivity (Wildman–Crippen MR) is 67.8 cm³/mol. The number of nitrogens with zero attached hydrogens (tertiary/aromatic N) is 1. The highest BCUT2D eigenvalue weighted by molar-refractivity contribution is 9.10. The smallest absolute Gasteiger partial charge is 0.344 e. The van der Waals surface area contributed by atoms with Gasteiger partial charge in [-0.2, -0.15) is 0 Å². The van der Waals surface area contributed by atoms with Crippen molar-refractivity contribution in [1.29, 1.82) is 0 Å². The summed E-state index contributed by atoms with van der Waals surface area (Å²) in [6.45, 7) is 1.81. The van der Waals surface area contributed by atoms with E-state index in [1.807, 2.05) is 6.92 Å². The molecule has 0 aliphatic carbocycles. The van der Waals surface area contributed by atoms with Gasteiger partial charge in [0.2, 0.25) is 0 Å². The van der Waals surface area contributed by atoms with E-state index in [0.29, 0.717) is 17.3 Å². The Hall–Kier alpha value is -1.63. The SMILES string of the molecule is CCCC(Oc1ccc(Br)cc1[N+](=O)[O-])C(=O)O. The fourth-order valence-electron chi connectivity index (χ4n) is 1.38. The van der Waals surface area contributed by atoms with Gasteiger partial charge in [-0.05, 0) is 18.6 Å². The van der Waals surface area contributed by atoms with Gasteiger partial charge in [0.25, 0.3) is 0 Å². The van der Waals surface area contributed by atoms with Crippen molar-refractivity contribution < 1.29 is 19.6 Å². The largest absolute Gasteiger partial charge is 0.479 e. The molecule has 0 spiro atoms. The van der Waals surface area contributed by atoms with Crippen molar-refractivity contribution in [2.24, 2.45) is 0 Å². The Kier molecular flexibility index (Phi) is 5.08. The van der Waals surface area contributed by atoms with Crippen LogP contribution < -0.4 is 4.74 Å². The summed E-state index contributed by atoms with van der Waals surface area (Å²) in [7, 11) is 0. The predicted octanol–water partition coefficient (Wildman–Crippen LogP) is 2.99. The number of halogens is 1. The number of hydrogen-bond acceptors (Lipinski definition) is 4. The second-order valence-electron chi connectivity index (χ2n) is 3.60. The summed E-state index contributed by atoms with van der Waals surface area (Å²) >= 11 is 3.11. The minimum atomic E-state index is -1.13. The molecule has 0 saturated heterocycles. The third-order valence-electron chi connectivity index (χ3n) is 2.21. The molecule has 6 nitrogen and oxygen atoms in total. The second-order valence-corrected chi connectivity index (χ2v) is 4.52. The molecule has 1 unspecified atom stereocenters. The van der Waals surface area contributed by atoms with Gasteiger partial charge in [-0.15, -0.1) is 0 Å². The normalized spacial score (nSPS) is 11.9. The van der Waals surface area contributed by atoms with Gasteiger partial charge in [-0.25, -0.2) is 4.79 Å². The van der Waals surface area contributed by atoms with E-state index in [9.17, 15) is 14.9 Å². The summed E-state index contributed by atoms with van der Waals surface area (Å²) < 4.78 is 5.73. The molecule has 1 N–H and O–H groups in total. The number of aliphatic carboxylic acids is 1. The summed E-state index contributed by atoms with van der Waals surface area (Å²) in [6.07, 6.45) is -0.168. The standard InChI is InChI=1S/C11H12BrNO5/c1-2-3-10(11(14)15)18-9-5-4-7(12)6-8(9)13(16)17/h4-6,10H,2-3H2,1H3,(H,14,15). The molecule has 0 amide bonds. The molecule has 0 heterocycles. The molecule has 98 valence electrons. The van der Waals surface area contributed by atoms with Crippen molar-refractivity contribution in [3.8, 4) is 5.75 Å². The van der Waals surface area contributed by atoms with Crippen molar-refractivity contribution in [2.45, 2.75) is 25.9 Å². The van der Waals surface area contributed by atoms with Crippen LogP contribution in [0.15, 0.2) is 22.7 Å². The van der Waals surface area contributed by atoms with Crippen molar-refractivity contribution in [3.63, 3.8) is 0 Å². The zero-order chi connectivity index (χ0) is 13.7. The number of nitro benzene ring substituents is 1. The number of carboxylic acid groups (broad SMARTS) is 1. The molecule has 1 atom stereocenters. The fourth-order valence-corrected chi connectivity index (χ4v) is 1.73. The highest BCUT2D eigenvalue weighted by Gasteiger charge is 2.23. The van der Waals surface area contributed by atoms with Crippen LogP contribution in [0.2, 0.25) is 0 Å². The van der Waals surface area contributed by atoms with Crippen molar-refractivity contribution in [3.05, 3.63) is 32.8 Å². The first kappa shape index (κ1) is 14.4. The van der Waals surface area contributed by atoms with E-state index in [1.165, 1.54) is 12.1 Å². The Labute approximate surface area is 112 Å². The van der Waals surface area contributed by atoms with E-state index in [4.69, 9.17) is 9.84 Å². The van der Waals surface area contributed by atoms with Crippen molar-refractivity contribution >= 4 is 27.6 Å². The number of hydrogen-bond donors (Lipinski definition) is 1. The number of benzene rings is 1. The first-order valence-electron chi connectivity index (χ1n) is 5.29. The third-order valence-corrected chi connectivity index (χ3v) is 2.71. The molecule has 1 rings (SSSR count). The lowest BCUT2D eigenvalue weighted by atomic mass is 10.2. The van der Waals surface area contributed by atoms with Gasteiger partial charge >= 0.3 is 11.7 Å². The van der Waals surface area contributed by atoms with E-state index < -0.39 is 17.0 Å². The second kappa shape index (κ2) is 6.34. The topological polar surface area (TPSA) is 89.7 Å². The molecule has 18 heavy (non-hydrogen) atoms. The molecule has 0 radical (unpaired) electrons. The van der Waals surface area contributed by atoms with E-state index in [2.05, 4.69) is 15.9 Å². The summed E-state index contributed by atoms with van der Waals surface area (Å²) in [5, 5.41) is 19.8. The maximum Gasteiger partial charge on any atom is 0.344 e. The van der Waals surface area contributed by atoms with Crippen LogP contribution in [0.5, 0.6) is 5.75 Å². The maximum atomic E-state index is 10.9. The first-order valence-corrected chi connectivity index (χ1v) is 6.08. The zero-order valence-corrected chi connectivity index (χ0v) is 11.2. The molecular weight excluding hydrogens is 306 g/mol. The average molecular weight is 318 g/mol. The molecule has 1 aromatic carbocycles. The van der Waals surface area contributed by atoms with Gasteiger partial charge in [0.1, 0.15) is 0 Å². The monoisotopic (exact) mass is 317 g/mol. The Morgan fingerprint density at radius 1 is 1.61 bits per heavy atom. The Morgan fingerprint density at radius 2 is 2.28 bits per heavy atom. The Morgan fingerprint density at radius 3 is 2.78 bits per heavy atom. The average Bonchev–Trinajstić information content (AvgIpc) is 2.30. The molecule has 7 heteroatoms. The number of nitro groups is 1. The number of ether oxygens (including phenoxy) is 1. The van der Waals surface area contributed by atoms with E-state index >= 15 is 0 Å². The van der Waals surface area contributed by atoms with E-state index in [0.717, 1.165) is 0 Å². The molecule has 0 saturated carbocycles. The lowest BCUT2D eigenvalue weighted by Gasteiger charge is -2.14. The van der Waals surface area contributed by atoms with Crippen LogP contribution >= 0.6 is 15.9 Å². The van der Waals surface area contributed by atoms with E-state index in [-0.39, 0.29) is 11.4 Å². The van der Waals surface area contributed by atoms with Crippen LogP contribution in [0.4, 0.5) is 5.69 Å². The van der Waals surface area contributed by atoms with Crippen molar-refractivity contribution in [1.82, 2.24) is 0 Å². The van der Waals surface area contributed by atoms with Crippen LogP contribution in [0.1, 0.15) is 19.8 Å². The molecule has 0 aromatic heterocycles. The summed E-state index contributed by atoms with van der Waals surface area (Å²) in [6, 6.07) is 4.22. The minimum absolute atomic E-state index is 0.0379. The minimum Gasteiger partial charge on any atom is -0.479 e. The Balaban J connectivity index is 3.01. The number of carboxylic acids is 1. The Bertz CT molecular complexity index is 463. The molecule has 0 aliphatic heterocycles. The van der Waals surface area contributed by atoms with Gasteiger partial charge < -0.3 is 9.84 Å². The number of rotatable bonds is 6. The molecule has 0 aliphatic rings. The zero-order valence-electron chi connectivity index (χ0n) is 9.63. The van der Waals surface area contributed by atoms with Crippen molar-refractivity contribution in [2.75, 3.05) is 0 Å². The van der Waals surface area contributed by atoms with Gasteiger partial charge in [-0.1, -0.05) is 29.3 Å².